The van der Waals surface area contributed by atoms with Crippen LogP contribution in [0.5, 0.6) is 0 Å². The molecule has 0 amide bonds. The Bertz CT molecular complexity index is 3060. The smallest absolute Gasteiger partial charge is 0.138 e. The predicted molar refractivity (Wildman–Crippen MR) is 225 cm³/mol. The van der Waals surface area contributed by atoms with E-state index in [1.807, 2.05) is 19.9 Å². The van der Waals surface area contributed by atoms with Gasteiger partial charge in [0.2, 0.25) is 0 Å². The molecule has 1 aliphatic rings. The second-order valence-electron chi connectivity index (χ2n) is 16.1. The highest BCUT2D eigenvalue weighted by molar-refractivity contribution is 5.95. The first-order chi connectivity index (χ1) is 27.1. The van der Waals surface area contributed by atoms with Gasteiger partial charge in [-0.1, -0.05) is 33.8 Å². The highest BCUT2D eigenvalue weighted by Gasteiger charge is 2.25. The summed E-state index contributed by atoms with van der Waals surface area (Å²) < 4.78 is 0. The first-order valence-corrected chi connectivity index (χ1v) is 19.4. The first kappa shape index (κ1) is 32.7. The third-order valence-corrected chi connectivity index (χ3v) is 11.4. The van der Waals surface area contributed by atoms with Gasteiger partial charge in [0.25, 0.3) is 0 Å². The molecule has 5 aromatic heterocycles. The predicted octanol–water partition coefficient (Wildman–Crippen LogP) is 10.6. The number of nitrogens with one attached hydrogen (secondary N) is 6. The van der Waals surface area contributed by atoms with Crippen LogP contribution in [0, 0.1) is 13.8 Å². The summed E-state index contributed by atoms with van der Waals surface area (Å²) in [6, 6.07) is 26.4. The number of aromatic nitrogens is 10. The normalized spacial score (nSPS) is 14.5. The molecule has 5 aromatic carbocycles. The van der Waals surface area contributed by atoms with Crippen molar-refractivity contribution in [2.75, 3.05) is 5.32 Å². The number of hydrogen-bond donors (Lipinski definition) is 6. The Kier molecular flexibility index (Phi) is 6.92. The SMILES string of the molecule is Cc1nc2cc3c(cc2[nH]1)CC(c1cc(-c2nc4cc5nc(-c6cc(-c7nc8cc9nc(C)[nH]c9cc8[nH]7)cc(C(C)C)c6)[nH]c5cc4[nH]2)cc(C(C)C)c1)N3. The fourth-order valence-electron chi connectivity index (χ4n) is 8.37. The largest absolute Gasteiger partial charge is 0.378 e. The summed E-state index contributed by atoms with van der Waals surface area (Å²) in [6.07, 6.45) is 0.914. The van der Waals surface area contributed by atoms with Crippen LogP contribution >= 0.6 is 0 Å². The van der Waals surface area contributed by atoms with Gasteiger partial charge in [-0.25, -0.2) is 24.9 Å². The molecule has 0 bridgehead atoms. The van der Waals surface area contributed by atoms with Crippen molar-refractivity contribution in [2.45, 2.75) is 65.8 Å². The number of H-pyrrole nitrogens is 5. The van der Waals surface area contributed by atoms with Gasteiger partial charge in [-0.15, -0.1) is 0 Å². The number of fused-ring (bicyclic) bond motifs is 6. The summed E-state index contributed by atoms with van der Waals surface area (Å²) >= 11 is 0. The van der Waals surface area contributed by atoms with Crippen LogP contribution in [0.3, 0.4) is 0 Å². The van der Waals surface area contributed by atoms with Gasteiger partial charge in [0.05, 0.1) is 61.2 Å². The fourth-order valence-corrected chi connectivity index (χ4v) is 8.37. The Hall–Kier alpha value is -6.75. The topological polar surface area (TPSA) is 155 Å². The lowest BCUT2D eigenvalue weighted by Crippen LogP contribution is -2.07. The monoisotopic (exact) mass is 735 g/mol. The summed E-state index contributed by atoms with van der Waals surface area (Å²) in [5.41, 5.74) is 18.8. The summed E-state index contributed by atoms with van der Waals surface area (Å²) in [6.45, 7) is 12.9. The number of aromatic amines is 5. The van der Waals surface area contributed by atoms with E-state index < -0.39 is 0 Å². The molecule has 11 nitrogen and oxygen atoms in total. The quantitative estimate of drug-likeness (QED) is 0.0998. The van der Waals surface area contributed by atoms with Crippen molar-refractivity contribution in [2.24, 2.45) is 0 Å². The summed E-state index contributed by atoms with van der Waals surface area (Å²) in [5.74, 6) is 4.99. The van der Waals surface area contributed by atoms with Crippen LogP contribution in [0.2, 0.25) is 0 Å². The van der Waals surface area contributed by atoms with E-state index in [1.165, 1.54) is 22.3 Å². The summed E-state index contributed by atoms with van der Waals surface area (Å²) in [5, 5.41) is 3.79. The van der Waals surface area contributed by atoms with Crippen molar-refractivity contribution in [1.29, 1.82) is 0 Å². The molecule has 1 aliphatic heterocycles. The van der Waals surface area contributed by atoms with Crippen molar-refractivity contribution in [1.82, 2.24) is 49.8 Å². The minimum absolute atomic E-state index is 0.166. The molecule has 56 heavy (non-hydrogen) atoms. The Morgan fingerprint density at radius 1 is 0.464 bits per heavy atom. The van der Waals surface area contributed by atoms with E-state index in [0.717, 1.165) is 113 Å². The molecule has 11 heteroatoms. The second kappa shape index (κ2) is 11.9. The molecule has 0 saturated heterocycles. The Morgan fingerprint density at radius 3 is 1.45 bits per heavy atom. The van der Waals surface area contributed by atoms with E-state index in [-0.39, 0.29) is 6.04 Å². The van der Waals surface area contributed by atoms with Crippen LogP contribution in [-0.4, -0.2) is 49.8 Å². The van der Waals surface area contributed by atoms with Crippen molar-refractivity contribution in [3.05, 3.63) is 107 Å². The third kappa shape index (κ3) is 5.37. The van der Waals surface area contributed by atoms with E-state index in [9.17, 15) is 0 Å². The minimum atomic E-state index is 0.166. The molecule has 0 aliphatic carbocycles. The molecule has 11 rings (SSSR count). The van der Waals surface area contributed by atoms with Crippen LogP contribution in [0.15, 0.2) is 72.8 Å². The van der Waals surface area contributed by atoms with Crippen molar-refractivity contribution in [3.63, 3.8) is 0 Å². The molecule has 10 aromatic rings. The van der Waals surface area contributed by atoms with Gasteiger partial charge < -0.3 is 30.2 Å². The number of anilines is 1. The van der Waals surface area contributed by atoms with E-state index >= 15 is 0 Å². The first-order valence-electron chi connectivity index (χ1n) is 19.4. The molecule has 0 spiro atoms. The molecule has 1 atom stereocenters. The Balaban J connectivity index is 0.931. The fraction of sp³-hybridized carbons (Fsp3) is 0.222. The molecular weight excluding hydrogens is 695 g/mol. The Labute approximate surface area is 321 Å². The van der Waals surface area contributed by atoms with Gasteiger partial charge in [-0.2, -0.15) is 0 Å². The summed E-state index contributed by atoms with van der Waals surface area (Å²) in [7, 11) is 0. The molecular formula is C45H41N11. The van der Waals surface area contributed by atoms with Gasteiger partial charge in [-0.3, -0.25) is 0 Å². The summed E-state index contributed by atoms with van der Waals surface area (Å²) in [4.78, 5) is 42.0. The van der Waals surface area contributed by atoms with Crippen molar-refractivity contribution >= 4 is 60.9 Å². The van der Waals surface area contributed by atoms with Crippen LogP contribution < -0.4 is 5.32 Å². The van der Waals surface area contributed by atoms with Crippen molar-refractivity contribution in [3.8, 4) is 34.2 Å². The lowest BCUT2D eigenvalue weighted by atomic mass is 9.93. The van der Waals surface area contributed by atoms with E-state index in [0.29, 0.717) is 11.8 Å². The van der Waals surface area contributed by atoms with Crippen LogP contribution in [0.25, 0.3) is 89.3 Å². The van der Waals surface area contributed by atoms with Crippen molar-refractivity contribution < 1.29 is 0 Å². The average molecular weight is 736 g/mol. The number of nitrogens with zero attached hydrogens (tertiary/aromatic N) is 5. The minimum Gasteiger partial charge on any atom is -0.378 e. The maximum atomic E-state index is 5.13. The maximum Gasteiger partial charge on any atom is 0.138 e. The van der Waals surface area contributed by atoms with E-state index in [4.69, 9.17) is 15.0 Å². The lowest BCUT2D eigenvalue weighted by Gasteiger charge is -2.16. The highest BCUT2D eigenvalue weighted by Crippen LogP contribution is 2.39. The molecule has 6 heterocycles. The molecule has 0 radical (unpaired) electrons. The average Bonchev–Trinajstić information content (AvgIpc) is 4.03. The van der Waals surface area contributed by atoms with Gasteiger partial charge in [0.1, 0.15) is 29.1 Å². The van der Waals surface area contributed by atoms with Crippen LogP contribution in [0.1, 0.15) is 79.5 Å². The second-order valence-corrected chi connectivity index (χ2v) is 16.1. The van der Waals surface area contributed by atoms with E-state index in [1.54, 1.807) is 0 Å². The number of benzene rings is 5. The molecule has 276 valence electrons. The van der Waals surface area contributed by atoms with Crippen LogP contribution in [0.4, 0.5) is 5.69 Å². The zero-order valence-corrected chi connectivity index (χ0v) is 32.1. The lowest BCUT2D eigenvalue weighted by molar-refractivity contribution is 0.809. The maximum absolute atomic E-state index is 5.13. The number of hydrogen-bond acceptors (Lipinski definition) is 6. The zero-order chi connectivity index (χ0) is 38.0. The Morgan fingerprint density at radius 2 is 0.911 bits per heavy atom. The van der Waals surface area contributed by atoms with Gasteiger partial charge in [0, 0.05) is 22.4 Å². The number of rotatable bonds is 6. The van der Waals surface area contributed by atoms with Gasteiger partial charge in [0.15, 0.2) is 0 Å². The number of aryl methyl sites for hydroxylation is 2. The molecule has 1 unspecified atom stereocenters. The van der Waals surface area contributed by atoms with Gasteiger partial charge >= 0.3 is 0 Å². The molecule has 0 saturated carbocycles. The molecule has 0 fully saturated rings. The third-order valence-electron chi connectivity index (χ3n) is 11.4. The standard InChI is InChI=1S/C45H41N11/c1-20(2)24-7-26(31-13-27-14-33-34(15-32(27)50-31)47-22(5)46-33)11-28(8-24)43-53-39-18-41-42(19-40(39)54-43)56-45(55-41)30-10-25(21(3)4)9-29(12-30)44-51-37-16-35-36(17-38(37)52-44)49-23(6)48-35/h7-12,14-21,31,50H,13H2,1-6H3,(H,46,47)(H,48,49)(H,51,52)(H,53,54)(H,55,56). The zero-order valence-electron chi connectivity index (χ0n) is 32.1. The highest BCUT2D eigenvalue weighted by atomic mass is 15.0. The number of imidazole rings is 5. The van der Waals surface area contributed by atoms with E-state index in [2.05, 4.69) is 135 Å². The van der Waals surface area contributed by atoms with Gasteiger partial charge in [-0.05, 0) is 121 Å². The molecule has 6 N–H and O–H groups in total. The van der Waals surface area contributed by atoms with Crippen LogP contribution in [-0.2, 0) is 6.42 Å².